The molecule has 0 spiro atoms. The molecule has 0 aliphatic carbocycles. The molecule has 5 atom stereocenters. The molecule has 5 aromatic rings. The van der Waals surface area contributed by atoms with Gasteiger partial charge in [0.1, 0.15) is 46.8 Å². The lowest BCUT2D eigenvalue weighted by Crippen LogP contribution is -2.49. The number of aliphatic hydroxyl groups excluding tert-OH is 1. The number of benzene rings is 3. The highest BCUT2D eigenvalue weighted by atomic mass is 16.6. The van der Waals surface area contributed by atoms with Crippen LogP contribution in [0, 0.1) is 5.92 Å². The highest BCUT2D eigenvalue weighted by molar-refractivity contribution is 5.88. The van der Waals surface area contributed by atoms with E-state index in [1.54, 1.807) is 61.6 Å². The van der Waals surface area contributed by atoms with Gasteiger partial charge in [0, 0.05) is 11.8 Å². The Bertz CT molecular complexity index is 2120. The normalized spacial score (nSPS) is 19.1. The molecule has 14 nitrogen and oxygen atoms in total. The van der Waals surface area contributed by atoms with Crippen LogP contribution in [0.3, 0.4) is 0 Å². The van der Waals surface area contributed by atoms with E-state index in [0.29, 0.717) is 16.6 Å². The molecule has 2 aromatic heterocycles. The van der Waals surface area contributed by atoms with Gasteiger partial charge in [0.2, 0.25) is 0 Å². The van der Waals surface area contributed by atoms with E-state index in [2.05, 4.69) is 20.3 Å². The summed E-state index contributed by atoms with van der Waals surface area (Å²) in [5.41, 5.74) is 6.68. The van der Waals surface area contributed by atoms with E-state index in [1.165, 1.54) is 11.2 Å². The Balaban J connectivity index is 1.50. The lowest BCUT2D eigenvalue weighted by Gasteiger charge is -2.38. The molecule has 6 rings (SSSR count). The summed E-state index contributed by atoms with van der Waals surface area (Å²) < 4.78 is 24.9. The Morgan fingerprint density at radius 2 is 1.36 bits per heavy atom. The van der Waals surface area contributed by atoms with Crippen LogP contribution in [0.2, 0.25) is 0 Å². The van der Waals surface area contributed by atoms with Gasteiger partial charge in [-0.2, -0.15) is 0 Å². The van der Waals surface area contributed by atoms with Crippen molar-refractivity contribution in [3.63, 3.8) is 0 Å². The lowest BCUT2D eigenvalue weighted by molar-refractivity contribution is -0.159. The summed E-state index contributed by atoms with van der Waals surface area (Å²) in [4.78, 5) is 55.0. The van der Waals surface area contributed by atoms with Crippen molar-refractivity contribution in [2.75, 3.05) is 12.3 Å². The molecule has 1 aliphatic heterocycles. The van der Waals surface area contributed by atoms with Crippen molar-refractivity contribution < 1.29 is 38.4 Å². The van der Waals surface area contributed by atoms with Gasteiger partial charge >= 0.3 is 18.2 Å². The van der Waals surface area contributed by atoms with Gasteiger partial charge in [-0.1, -0.05) is 105 Å². The summed E-state index contributed by atoms with van der Waals surface area (Å²) in [6.07, 6.45) is -1.73. The number of carbonyl (C=O) groups excluding carboxylic acids is 3. The average Bonchev–Trinajstić information content (AvgIpc) is 3.73. The van der Waals surface area contributed by atoms with E-state index < -0.39 is 71.2 Å². The Kier molecular flexibility index (Phi) is 12.3. The number of ether oxygens (including phenoxy) is 4. The quantitative estimate of drug-likeness (QED) is 0.0609. The van der Waals surface area contributed by atoms with Crippen LogP contribution in [-0.2, 0) is 29.3 Å². The number of hydrogen-bond donors (Lipinski definition) is 4. The van der Waals surface area contributed by atoms with Crippen molar-refractivity contribution in [1.82, 2.24) is 25.2 Å². The lowest BCUT2D eigenvalue weighted by atomic mass is 9.80. The van der Waals surface area contributed by atoms with Crippen LogP contribution >= 0.6 is 0 Å². The minimum absolute atomic E-state index is 0.150. The monoisotopic (exact) mass is 806 g/mol. The van der Waals surface area contributed by atoms with Crippen molar-refractivity contribution >= 4 is 35.0 Å². The zero-order valence-corrected chi connectivity index (χ0v) is 34.7. The number of nitrogens with one attached hydrogen (secondary N) is 2. The van der Waals surface area contributed by atoms with Crippen LogP contribution in [0.1, 0.15) is 83.7 Å². The molecule has 312 valence electrons. The maximum absolute atomic E-state index is 14.7. The number of fused-ring (bicyclic) bond motifs is 1. The van der Waals surface area contributed by atoms with E-state index in [0.717, 1.165) is 16.7 Å². The zero-order valence-electron chi connectivity index (χ0n) is 34.7. The van der Waals surface area contributed by atoms with Crippen molar-refractivity contribution in [3.8, 4) is 0 Å². The average molecular weight is 807 g/mol. The van der Waals surface area contributed by atoms with Crippen LogP contribution in [0.15, 0.2) is 104 Å². The molecule has 5 N–H and O–H groups in total. The van der Waals surface area contributed by atoms with E-state index in [9.17, 15) is 19.5 Å². The maximum atomic E-state index is 14.7. The van der Waals surface area contributed by atoms with Gasteiger partial charge in [0.05, 0.1) is 18.2 Å². The van der Waals surface area contributed by atoms with Crippen LogP contribution in [0.25, 0.3) is 11.0 Å². The van der Waals surface area contributed by atoms with Crippen LogP contribution in [0.4, 0.5) is 15.4 Å². The Labute approximate surface area is 344 Å². The number of anilines is 1. The van der Waals surface area contributed by atoms with Crippen LogP contribution < -0.4 is 11.1 Å². The van der Waals surface area contributed by atoms with Gasteiger partial charge in [-0.15, -0.1) is 0 Å². The van der Waals surface area contributed by atoms with Gasteiger partial charge in [-0.05, 0) is 64.2 Å². The SMILES string of the molecule is CC(C)C(NC(=O)OC(C)(C)C)C(=O)O[C@@H]1[C@H](O)[C@@H](COC(c2ccccc2)(c2ccccc2)c2ccccc2)N(C(=O)OC(C)(C)C)[C@H]1c1c[nH]c2c(N)ncnc12. The third kappa shape index (κ3) is 9.18. The standard InChI is InChI=1S/C45H54N6O8/c1-27(2)33(50-41(54)58-43(3,4)5)40(53)57-38-36(31-24-47-35-34(31)48-26-49-39(35)46)51(42(55)59-44(6,7)8)32(37(38)52)25-56-45(28-18-12-9-13-19-28,29-20-14-10-15-21-29)30-22-16-11-17-23-30/h9-24,26-27,32-33,36-38,47,52H,25H2,1-8H3,(H,50,54)(H2,46,48,49)/t32-,33?,36+,37-,38+/m1/s1. The summed E-state index contributed by atoms with van der Waals surface area (Å²) in [6.45, 7) is 13.5. The molecular weight excluding hydrogens is 753 g/mol. The van der Waals surface area contributed by atoms with Gasteiger partial charge < -0.3 is 40.1 Å². The number of nitrogens with two attached hydrogens (primary N) is 1. The number of rotatable bonds is 11. The number of nitrogens with zero attached hydrogens (tertiary/aromatic N) is 3. The van der Waals surface area contributed by atoms with Gasteiger partial charge in [0.25, 0.3) is 0 Å². The number of H-pyrrole nitrogens is 1. The van der Waals surface area contributed by atoms with Crippen molar-refractivity contribution in [2.45, 2.75) is 103 Å². The van der Waals surface area contributed by atoms with Crippen molar-refractivity contribution in [3.05, 3.63) is 126 Å². The number of amides is 2. The first-order valence-corrected chi connectivity index (χ1v) is 19.7. The first-order chi connectivity index (χ1) is 27.9. The highest BCUT2D eigenvalue weighted by Crippen LogP contribution is 2.45. The smallest absolute Gasteiger partial charge is 0.411 e. The molecule has 1 unspecified atom stereocenters. The molecule has 2 amide bonds. The summed E-state index contributed by atoms with van der Waals surface area (Å²) in [5, 5.41) is 15.2. The second kappa shape index (κ2) is 17.1. The summed E-state index contributed by atoms with van der Waals surface area (Å²) in [6, 6.07) is 25.5. The first kappa shape index (κ1) is 42.6. The number of aliphatic hydroxyl groups is 1. The van der Waals surface area contributed by atoms with Crippen LogP contribution in [-0.4, -0.2) is 85.2 Å². The predicted octanol–water partition coefficient (Wildman–Crippen LogP) is 7.03. The molecular formula is C45H54N6O8. The van der Waals surface area contributed by atoms with Crippen LogP contribution in [0.5, 0.6) is 0 Å². The van der Waals surface area contributed by atoms with E-state index in [1.807, 2.05) is 91.0 Å². The summed E-state index contributed by atoms with van der Waals surface area (Å²) in [7, 11) is 0. The van der Waals surface area contributed by atoms with Gasteiger partial charge in [-0.3, -0.25) is 4.90 Å². The molecule has 0 bridgehead atoms. The fourth-order valence-corrected chi connectivity index (χ4v) is 7.46. The van der Waals surface area contributed by atoms with Crippen molar-refractivity contribution in [1.29, 1.82) is 0 Å². The molecule has 1 aliphatic rings. The van der Waals surface area contributed by atoms with Crippen molar-refractivity contribution in [2.24, 2.45) is 5.92 Å². The number of aromatic amines is 1. The molecule has 14 heteroatoms. The Morgan fingerprint density at radius 3 is 1.85 bits per heavy atom. The van der Waals surface area contributed by atoms with E-state index in [-0.39, 0.29) is 12.4 Å². The summed E-state index contributed by atoms with van der Waals surface area (Å²) >= 11 is 0. The number of aromatic nitrogens is 3. The Hall–Kier alpha value is -5.99. The third-order valence-corrected chi connectivity index (χ3v) is 10.0. The molecule has 0 radical (unpaired) electrons. The summed E-state index contributed by atoms with van der Waals surface area (Å²) in [5.74, 6) is -1.17. The minimum atomic E-state index is -1.56. The first-order valence-electron chi connectivity index (χ1n) is 19.7. The second-order valence-electron chi connectivity index (χ2n) is 17.0. The molecule has 3 heterocycles. The van der Waals surface area contributed by atoms with Gasteiger partial charge in [0.15, 0.2) is 11.9 Å². The molecule has 59 heavy (non-hydrogen) atoms. The van der Waals surface area contributed by atoms with Gasteiger partial charge in [-0.25, -0.2) is 24.4 Å². The second-order valence-corrected chi connectivity index (χ2v) is 17.0. The topological polar surface area (TPSA) is 191 Å². The molecule has 1 saturated heterocycles. The van der Waals surface area contributed by atoms with E-state index in [4.69, 9.17) is 24.7 Å². The predicted molar refractivity (Wildman–Crippen MR) is 222 cm³/mol. The molecule has 0 saturated carbocycles. The third-order valence-electron chi connectivity index (χ3n) is 10.0. The molecule has 3 aromatic carbocycles. The number of alkyl carbamates (subject to hydrolysis) is 1. The highest BCUT2D eigenvalue weighted by Gasteiger charge is 2.56. The number of hydrogen-bond acceptors (Lipinski definition) is 11. The number of likely N-dealkylation sites (tertiary alicyclic amines) is 1. The molecule has 1 fully saturated rings. The fourth-order valence-electron chi connectivity index (χ4n) is 7.46. The fraction of sp³-hybridized carbons (Fsp3) is 0.400. The Morgan fingerprint density at radius 1 is 0.831 bits per heavy atom. The largest absolute Gasteiger partial charge is 0.455 e. The number of nitrogen functional groups attached to an aromatic ring is 1. The number of carbonyl (C=O) groups is 3. The minimum Gasteiger partial charge on any atom is -0.455 e. The number of esters is 1. The van der Waals surface area contributed by atoms with E-state index >= 15 is 0 Å². The zero-order chi connectivity index (χ0) is 42.7. The maximum Gasteiger partial charge on any atom is 0.411 e.